The van der Waals surface area contributed by atoms with E-state index in [1.54, 1.807) is 84.4 Å². The molecule has 1 aliphatic rings. The fourth-order valence-electron chi connectivity index (χ4n) is 5.61. The number of para-hydroxylation sites is 2. The minimum absolute atomic E-state index is 0.0750. The number of carbonyl (C=O) groups is 3. The molecule has 18 heteroatoms. The topological polar surface area (TPSA) is 146 Å². The second-order valence-corrected chi connectivity index (χ2v) is 20.3. The molecule has 0 spiro atoms. The number of anilines is 3. The number of aromatic nitrogens is 3. The van der Waals surface area contributed by atoms with Gasteiger partial charge in [-0.2, -0.15) is 23.1 Å². The molecule has 2 N–H and O–H groups in total. The van der Waals surface area contributed by atoms with Crippen molar-refractivity contribution < 1.29 is 46.2 Å². The zero-order chi connectivity index (χ0) is 42.4. The smallest absolute Gasteiger partial charge is 0.414 e. The zero-order valence-corrected chi connectivity index (χ0v) is 34.9. The van der Waals surface area contributed by atoms with Crippen LogP contribution in [0.1, 0.15) is 52.8 Å². The van der Waals surface area contributed by atoms with Crippen molar-refractivity contribution in [3.8, 4) is 17.7 Å². The number of carbonyl (C=O) groups excluding carboxylic acids is 3. The third kappa shape index (κ3) is 10.5. The summed E-state index contributed by atoms with van der Waals surface area (Å²) in [4.78, 5) is 49.2. The molecule has 0 unspecified atom stereocenters. The van der Waals surface area contributed by atoms with E-state index in [9.17, 15) is 27.6 Å². The molecule has 1 aliphatic heterocycles. The highest BCUT2D eigenvalue weighted by Crippen LogP contribution is 2.40. The maximum atomic E-state index is 14.3. The maximum absolute atomic E-state index is 14.3. The Kier molecular flexibility index (Phi) is 13.9. The molecule has 2 aromatic carbocycles. The predicted molar refractivity (Wildman–Crippen MR) is 215 cm³/mol. The second kappa shape index (κ2) is 18.3. The lowest BCUT2D eigenvalue weighted by Crippen LogP contribution is -2.44. The van der Waals surface area contributed by atoms with Crippen molar-refractivity contribution in [2.75, 3.05) is 29.4 Å². The predicted octanol–water partition coefficient (Wildman–Crippen LogP) is 8.28. The first-order chi connectivity index (χ1) is 27.3. The summed E-state index contributed by atoms with van der Waals surface area (Å²) < 4.78 is 65.4. The molecule has 0 bridgehead atoms. The summed E-state index contributed by atoms with van der Waals surface area (Å²) in [5.41, 5.74) is 1.15. The van der Waals surface area contributed by atoms with Crippen molar-refractivity contribution in [3.05, 3.63) is 72.4 Å². The molecule has 3 amide bonds. The van der Waals surface area contributed by atoms with E-state index >= 15 is 0 Å². The Morgan fingerprint density at radius 3 is 2.21 bits per heavy atom. The Morgan fingerprint density at radius 2 is 1.66 bits per heavy atom. The van der Waals surface area contributed by atoms with Crippen LogP contribution < -0.4 is 20.3 Å². The molecule has 4 aromatic rings. The molecule has 3 heterocycles. The van der Waals surface area contributed by atoms with E-state index in [0.29, 0.717) is 11.4 Å². The fourth-order valence-corrected chi connectivity index (χ4v) is 6.78. The number of nitrogens with one attached hydrogen (secondary N) is 2. The summed E-state index contributed by atoms with van der Waals surface area (Å²) >= 11 is 6.05. The molecule has 58 heavy (non-hydrogen) atoms. The summed E-state index contributed by atoms with van der Waals surface area (Å²) in [5, 5.41) is 4.38. The lowest BCUT2D eigenvalue weighted by atomic mass is 10.2. The van der Waals surface area contributed by atoms with Crippen molar-refractivity contribution in [1.82, 2.24) is 19.9 Å². The van der Waals surface area contributed by atoms with Crippen LogP contribution in [0.25, 0.3) is 11.0 Å². The summed E-state index contributed by atoms with van der Waals surface area (Å²) in [5.74, 6) is 1.71. The van der Waals surface area contributed by atoms with Crippen molar-refractivity contribution >= 4 is 66.2 Å². The molecule has 310 valence electrons. The van der Waals surface area contributed by atoms with Crippen LogP contribution in [0.4, 0.5) is 35.3 Å². The number of alkyl halides is 4. The van der Waals surface area contributed by atoms with Crippen LogP contribution in [0.5, 0.6) is 5.88 Å². The summed E-state index contributed by atoms with van der Waals surface area (Å²) in [7, 11) is -2.23. The maximum Gasteiger partial charge on any atom is 0.471 e. The van der Waals surface area contributed by atoms with Gasteiger partial charge in [-0.1, -0.05) is 94.5 Å². The Balaban J connectivity index is 1.64. The van der Waals surface area contributed by atoms with Gasteiger partial charge in [0.1, 0.15) is 18.4 Å². The number of halogens is 4. The third-order valence-corrected chi connectivity index (χ3v) is 14.4. The minimum atomic E-state index is -5.11. The van der Waals surface area contributed by atoms with Gasteiger partial charge >= 0.3 is 18.2 Å². The number of rotatable bonds is 12. The van der Waals surface area contributed by atoms with Gasteiger partial charge in [-0.3, -0.25) is 14.9 Å². The zero-order valence-electron chi connectivity index (χ0n) is 33.1. The standard InChI is InChI=1S/C40H46ClF3N6O7Si/c1-25(2)34(51)47-37-46-33-32(35(48-37)57-38(53)50(27-16-10-8-11-17-27)28-18-12-9-13-19-28)26(15-14-20-45-36(52)40(42,43)44)22-49(33)31-21-29(54-24-41)30(56-31)23-55-58(6,7)39(3,4)5/h8-13,16-19,22,25,29-31H,20-21,23-24H2,1-7H3,(H,45,52)(H,46,47,48,51)/t29-,30+,31+/m0/s1. The third-order valence-electron chi connectivity index (χ3n) is 9.79. The number of benzene rings is 2. The van der Waals surface area contributed by atoms with Crippen LogP contribution in [0.2, 0.25) is 18.1 Å². The first-order valence-corrected chi connectivity index (χ1v) is 21.9. The lowest BCUT2D eigenvalue weighted by Gasteiger charge is -2.37. The van der Waals surface area contributed by atoms with E-state index in [-0.39, 0.29) is 52.6 Å². The summed E-state index contributed by atoms with van der Waals surface area (Å²) in [6.45, 7) is 13.5. The minimum Gasteiger partial charge on any atom is -0.414 e. The van der Waals surface area contributed by atoms with Gasteiger partial charge in [0.25, 0.3) is 0 Å². The molecule has 1 fully saturated rings. The van der Waals surface area contributed by atoms with Gasteiger partial charge in [0.05, 0.1) is 41.6 Å². The number of fused-ring (bicyclic) bond motifs is 1. The molecule has 3 atom stereocenters. The molecule has 2 aromatic heterocycles. The monoisotopic (exact) mass is 842 g/mol. The second-order valence-electron chi connectivity index (χ2n) is 15.3. The quantitative estimate of drug-likeness (QED) is 0.0818. The Hall–Kier alpha value is -4.99. The molecular weight excluding hydrogens is 797 g/mol. The Morgan fingerprint density at radius 1 is 1.03 bits per heavy atom. The summed E-state index contributed by atoms with van der Waals surface area (Å²) in [6, 6.07) is 17.3. The van der Waals surface area contributed by atoms with Crippen LogP contribution >= 0.6 is 11.6 Å². The number of amides is 3. The van der Waals surface area contributed by atoms with Gasteiger partial charge in [0.15, 0.2) is 14.0 Å². The van der Waals surface area contributed by atoms with E-state index < -0.39 is 63.3 Å². The number of hydrogen-bond acceptors (Lipinski definition) is 9. The SMILES string of the molecule is CC(C)C(=O)Nc1nc(OC(=O)N(c2ccccc2)c2ccccc2)c2c(C#CCNC(=O)C(F)(F)F)cn([C@H]3C[C@H](OCCl)[C@@H](CO[Si](C)(C)C(C)(C)C)O3)c2n1. The van der Waals surface area contributed by atoms with Gasteiger partial charge in [-0.25, -0.2) is 9.69 Å². The van der Waals surface area contributed by atoms with Gasteiger partial charge < -0.3 is 28.5 Å². The highest BCUT2D eigenvalue weighted by Gasteiger charge is 2.43. The van der Waals surface area contributed by atoms with Crippen LogP contribution in [-0.2, 0) is 23.5 Å². The lowest BCUT2D eigenvalue weighted by molar-refractivity contribution is -0.173. The van der Waals surface area contributed by atoms with Crippen molar-refractivity contribution in [2.45, 2.75) is 83.8 Å². The van der Waals surface area contributed by atoms with Gasteiger partial charge in [0.2, 0.25) is 17.7 Å². The average molecular weight is 843 g/mol. The summed E-state index contributed by atoms with van der Waals surface area (Å²) in [6.07, 6.45) is -6.14. The van der Waals surface area contributed by atoms with Crippen molar-refractivity contribution in [1.29, 1.82) is 0 Å². The van der Waals surface area contributed by atoms with Gasteiger partial charge in [-0.15, -0.1) is 0 Å². The molecule has 13 nitrogen and oxygen atoms in total. The molecule has 0 saturated carbocycles. The molecule has 1 saturated heterocycles. The van der Waals surface area contributed by atoms with E-state index in [0.717, 1.165) is 0 Å². The van der Waals surface area contributed by atoms with Crippen LogP contribution in [0, 0.1) is 17.8 Å². The van der Waals surface area contributed by atoms with E-state index in [4.69, 9.17) is 30.2 Å². The van der Waals surface area contributed by atoms with Crippen LogP contribution in [0.3, 0.4) is 0 Å². The Labute approximate surface area is 340 Å². The van der Waals surface area contributed by atoms with Crippen LogP contribution in [-0.4, -0.2) is 78.4 Å². The number of nitrogens with zero attached hydrogens (tertiary/aromatic N) is 4. The van der Waals surface area contributed by atoms with Crippen molar-refractivity contribution in [2.24, 2.45) is 5.92 Å². The Bertz CT molecular complexity index is 2120. The van der Waals surface area contributed by atoms with E-state index in [2.05, 4.69) is 61.0 Å². The highest BCUT2D eigenvalue weighted by molar-refractivity contribution is 6.74. The van der Waals surface area contributed by atoms with Crippen molar-refractivity contribution in [3.63, 3.8) is 0 Å². The van der Waals surface area contributed by atoms with Crippen LogP contribution in [0.15, 0.2) is 66.9 Å². The average Bonchev–Trinajstić information content (AvgIpc) is 3.73. The first kappa shape index (κ1) is 44.1. The number of ether oxygens (including phenoxy) is 3. The molecule has 0 radical (unpaired) electrons. The largest absolute Gasteiger partial charge is 0.471 e. The molecule has 5 rings (SSSR count). The van der Waals surface area contributed by atoms with E-state index in [1.807, 2.05) is 0 Å². The molecular formula is C40H46ClF3N6O7Si. The number of hydrogen-bond donors (Lipinski definition) is 2. The fraction of sp³-hybridized carbons (Fsp3) is 0.425. The normalized spacial score (nSPS) is 17.1. The van der Waals surface area contributed by atoms with Gasteiger partial charge in [0, 0.05) is 18.5 Å². The first-order valence-electron chi connectivity index (χ1n) is 18.5. The van der Waals surface area contributed by atoms with E-state index in [1.165, 1.54) is 11.1 Å². The van der Waals surface area contributed by atoms with Gasteiger partial charge in [-0.05, 0) is 42.4 Å². The molecule has 0 aliphatic carbocycles. The highest BCUT2D eigenvalue weighted by atomic mass is 35.5.